The number of benzene rings is 2. The number of likely N-dealkylation sites (tertiary alicyclic amines) is 1. The van der Waals surface area contributed by atoms with E-state index in [1.807, 2.05) is 24.3 Å². The summed E-state index contributed by atoms with van der Waals surface area (Å²) >= 11 is 0. The Balaban J connectivity index is 1.76. The van der Waals surface area contributed by atoms with Crippen LogP contribution < -0.4 is 0 Å². The summed E-state index contributed by atoms with van der Waals surface area (Å²) in [5.41, 5.74) is 3.42. The van der Waals surface area contributed by atoms with Gasteiger partial charge in [0.1, 0.15) is 5.82 Å². The quantitative estimate of drug-likeness (QED) is 0.670. The highest BCUT2D eigenvalue weighted by molar-refractivity contribution is 5.85. The smallest absolute Gasteiger partial charge is 0.123 e. The minimum Gasteiger partial charge on any atom is -0.316 e. The minimum absolute atomic E-state index is 0.164. The van der Waals surface area contributed by atoms with Crippen LogP contribution in [0.1, 0.15) is 25.3 Å². The third-order valence-corrected chi connectivity index (χ3v) is 5.16. The average molecular weight is 322 g/mol. The van der Waals surface area contributed by atoms with Crippen LogP contribution in [-0.2, 0) is 6.42 Å². The lowest BCUT2D eigenvalue weighted by molar-refractivity contribution is 0.258. The van der Waals surface area contributed by atoms with E-state index in [1.165, 1.54) is 31.5 Å². The molecule has 0 aliphatic carbocycles. The molecule has 1 fully saturated rings. The second-order valence-electron chi connectivity index (χ2n) is 6.82. The molecule has 0 amide bonds. The van der Waals surface area contributed by atoms with Crippen molar-refractivity contribution in [2.24, 2.45) is 0 Å². The zero-order chi connectivity index (χ0) is 16.5. The van der Waals surface area contributed by atoms with Crippen LogP contribution in [0, 0.1) is 5.82 Å². The average Bonchev–Trinajstić information content (AvgIpc) is 3.24. The van der Waals surface area contributed by atoms with Gasteiger partial charge < -0.3 is 9.47 Å². The number of hydrogen-bond acceptors (Lipinski definition) is 1. The number of fused-ring (bicyclic) bond motifs is 1. The molecule has 0 N–H and O–H groups in total. The number of para-hydroxylation sites is 1. The fraction of sp³-hybridized carbons (Fsp3) is 0.333. The lowest BCUT2D eigenvalue weighted by Crippen LogP contribution is -2.31. The maximum atomic E-state index is 13.8. The van der Waals surface area contributed by atoms with Gasteiger partial charge in [-0.1, -0.05) is 18.2 Å². The summed E-state index contributed by atoms with van der Waals surface area (Å²) in [4.78, 5) is 2.55. The zero-order valence-electron chi connectivity index (χ0n) is 14.1. The van der Waals surface area contributed by atoms with Crippen LogP contribution >= 0.6 is 0 Å². The van der Waals surface area contributed by atoms with Crippen LogP contribution in [0.25, 0.3) is 16.6 Å². The highest BCUT2D eigenvalue weighted by Gasteiger charge is 2.20. The molecule has 1 unspecified atom stereocenters. The third kappa shape index (κ3) is 2.84. The number of nitrogens with zero attached hydrogens (tertiary/aromatic N) is 2. The molecule has 2 nitrogen and oxygen atoms in total. The fourth-order valence-electron chi connectivity index (χ4n) is 3.87. The molecular formula is C21H23FN2. The fourth-order valence-corrected chi connectivity index (χ4v) is 3.87. The van der Waals surface area contributed by atoms with Crippen LogP contribution in [0.2, 0.25) is 0 Å². The van der Waals surface area contributed by atoms with Crippen LogP contribution in [0.15, 0.2) is 54.7 Å². The van der Waals surface area contributed by atoms with Gasteiger partial charge in [0.25, 0.3) is 0 Å². The maximum Gasteiger partial charge on any atom is 0.123 e. The molecule has 1 saturated heterocycles. The molecule has 1 aliphatic rings. The Labute approximate surface area is 142 Å². The SMILES string of the molecule is CC(Cc1cn(-c2ccccc2)c2ccc(F)cc12)N1CCCC1. The molecule has 24 heavy (non-hydrogen) atoms. The van der Waals surface area contributed by atoms with Crippen molar-refractivity contribution in [3.63, 3.8) is 0 Å². The summed E-state index contributed by atoms with van der Waals surface area (Å²) in [6.45, 7) is 4.66. The Bertz CT molecular complexity index is 832. The molecule has 1 aliphatic heterocycles. The predicted octanol–water partition coefficient (Wildman–Crippen LogP) is 4.80. The Morgan fingerprint density at radius 2 is 1.79 bits per heavy atom. The van der Waals surface area contributed by atoms with E-state index in [9.17, 15) is 4.39 Å². The summed E-state index contributed by atoms with van der Waals surface area (Å²) in [6, 6.07) is 15.9. The van der Waals surface area contributed by atoms with E-state index in [1.54, 1.807) is 12.1 Å². The normalized spacial score (nSPS) is 16.8. The minimum atomic E-state index is -0.164. The Morgan fingerprint density at radius 3 is 2.54 bits per heavy atom. The van der Waals surface area contributed by atoms with Gasteiger partial charge >= 0.3 is 0 Å². The molecule has 0 spiro atoms. The molecule has 3 aromatic rings. The monoisotopic (exact) mass is 322 g/mol. The molecule has 4 rings (SSSR count). The number of hydrogen-bond donors (Lipinski definition) is 0. The maximum absolute atomic E-state index is 13.8. The number of aromatic nitrogens is 1. The molecule has 2 heterocycles. The lowest BCUT2D eigenvalue weighted by Gasteiger charge is -2.23. The summed E-state index contributed by atoms with van der Waals surface area (Å²) < 4.78 is 16.0. The third-order valence-electron chi connectivity index (χ3n) is 5.16. The van der Waals surface area contributed by atoms with Crippen molar-refractivity contribution in [1.29, 1.82) is 0 Å². The highest BCUT2D eigenvalue weighted by atomic mass is 19.1. The van der Waals surface area contributed by atoms with E-state index >= 15 is 0 Å². The van der Waals surface area contributed by atoms with Gasteiger partial charge in [-0.05, 0) is 75.2 Å². The summed E-state index contributed by atoms with van der Waals surface area (Å²) in [5, 5.41) is 1.03. The summed E-state index contributed by atoms with van der Waals surface area (Å²) in [7, 11) is 0. The molecule has 0 radical (unpaired) electrons. The van der Waals surface area contributed by atoms with Gasteiger partial charge in [0.15, 0.2) is 0 Å². The first kappa shape index (κ1) is 15.4. The van der Waals surface area contributed by atoms with Gasteiger partial charge in [-0.2, -0.15) is 0 Å². The van der Waals surface area contributed by atoms with Crippen molar-refractivity contribution in [1.82, 2.24) is 9.47 Å². The molecule has 1 aromatic heterocycles. The largest absolute Gasteiger partial charge is 0.316 e. The second-order valence-corrected chi connectivity index (χ2v) is 6.82. The van der Waals surface area contributed by atoms with E-state index in [2.05, 4.69) is 34.7 Å². The summed E-state index contributed by atoms with van der Waals surface area (Å²) in [5.74, 6) is -0.164. The Hall–Kier alpha value is -2.13. The van der Waals surface area contributed by atoms with Crippen molar-refractivity contribution >= 4 is 10.9 Å². The van der Waals surface area contributed by atoms with Crippen LogP contribution in [0.4, 0.5) is 4.39 Å². The van der Waals surface area contributed by atoms with Gasteiger partial charge in [-0.15, -0.1) is 0 Å². The standard InChI is InChI=1S/C21H23FN2/c1-16(23-11-5-6-12-23)13-17-15-24(19-7-3-2-4-8-19)21-10-9-18(22)14-20(17)21/h2-4,7-10,14-16H,5-6,11-13H2,1H3. The molecule has 2 aromatic carbocycles. The molecular weight excluding hydrogens is 299 g/mol. The predicted molar refractivity (Wildman–Crippen MR) is 97.2 cm³/mol. The van der Waals surface area contributed by atoms with E-state index < -0.39 is 0 Å². The van der Waals surface area contributed by atoms with Crippen molar-refractivity contribution in [3.05, 3.63) is 66.1 Å². The number of rotatable bonds is 4. The molecule has 124 valence electrons. The van der Waals surface area contributed by atoms with Crippen molar-refractivity contribution < 1.29 is 4.39 Å². The van der Waals surface area contributed by atoms with Crippen LogP contribution in [-0.4, -0.2) is 28.6 Å². The Kier molecular flexibility index (Phi) is 4.11. The first-order chi connectivity index (χ1) is 11.7. The van der Waals surface area contributed by atoms with Crippen molar-refractivity contribution in [2.45, 2.75) is 32.2 Å². The first-order valence-electron chi connectivity index (χ1n) is 8.81. The molecule has 3 heteroatoms. The van der Waals surface area contributed by atoms with E-state index in [4.69, 9.17) is 0 Å². The van der Waals surface area contributed by atoms with Gasteiger partial charge in [0, 0.05) is 23.3 Å². The van der Waals surface area contributed by atoms with Crippen LogP contribution in [0.5, 0.6) is 0 Å². The van der Waals surface area contributed by atoms with Gasteiger partial charge in [0.05, 0.1) is 5.52 Å². The van der Waals surface area contributed by atoms with E-state index in [0.717, 1.165) is 23.0 Å². The van der Waals surface area contributed by atoms with Gasteiger partial charge in [-0.25, -0.2) is 4.39 Å². The highest BCUT2D eigenvalue weighted by Crippen LogP contribution is 2.28. The lowest BCUT2D eigenvalue weighted by atomic mass is 10.1. The van der Waals surface area contributed by atoms with E-state index in [0.29, 0.717) is 6.04 Å². The molecule has 0 saturated carbocycles. The van der Waals surface area contributed by atoms with E-state index in [-0.39, 0.29) is 5.82 Å². The summed E-state index contributed by atoms with van der Waals surface area (Å²) in [6.07, 6.45) is 5.74. The topological polar surface area (TPSA) is 8.17 Å². The van der Waals surface area contributed by atoms with Gasteiger partial charge in [0.2, 0.25) is 0 Å². The second kappa shape index (κ2) is 6.40. The van der Waals surface area contributed by atoms with Crippen molar-refractivity contribution in [3.8, 4) is 5.69 Å². The van der Waals surface area contributed by atoms with Crippen LogP contribution in [0.3, 0.4) is 0 Å². The molecule has 0 bridgehead atoms. The van der Waals surface area contributed by atoms with Gasteiger partial charge in [-0.3, -0.25) is 0 Å². The first-order valence-corrected chi connectivity index (χ1v) is 8.81. The Morgan fingerprint density at radius 1 is 1.04 bits per heavy atom. The van der Waals surface area contributed by atoms with Crippen molar-refractivity contribution in [2.75, 3.05) is 13.1 Å². The molecule has 1 atom stereocenters. The number of halogens is 1. The zero-order valence-corrected chi connectivity index (χ0v) is 14.1.